The molecule has 1 aliphatic rings. The van der Waals surface area contributed by atoms with Crippen LogP contribution in [-0.2, 0) is 11.3 Å². The van der Waals surface area contributed by atoms with Crippen LogP contribution in [0.2, 0.25) is 0 Å². The molecule has 0 unspecified atom stereocenters. The number of urea groups is 1. The van der Waals surface area contributed by atoms with Crippen molar-refractivity contribution in [2.75, 3.05) is 19.7 Å². The minimum Gasteiger partial charge on any atom is -0.372 e. The molecule has 1 atom stereocenters. The fourth-order valence-electron chi connectivity index (χ4n) is 2.38. The number of halogens is 1. The number of rotatable bonds is 3. The highest BCUT2D eigenvalue weighted by molar-refractivity contribution is 5.74. The number of nitrogens with zero attached hydrogens (tertiary/aromatic N) is 2. The number of ether oxygens (including phenoxy) is 1. The van der Waals surface area contributed by atoms with Gasteiger partial charge in [-0.1, -0.05) is 6.92 Å². The lowest BCUT2D eigenvalue weighted by atomic mass is 10.0. The summed E-state index contributed by atoms with van der Waals surface area (Å²) in [4.78, 5) is 13.9. The quantitative estimate of drug-likeness (QED) is 0.932. The molecule has 0 saturated carbocycles. The van der Waals surface area contributed by atoms with Gasteiger partial charge in [0.25, 0.3) is 0 Å². The van der Waals surface area contributed by atoms with Gasteiger partial charge in [-0.05, 0) is 31.5 Å². The Kier molecular flexibility index (Phi) is 4.99. The summed E-state index contributed by atoms with van der Waals surface area (Å²) in [5.74, 6) is -0.431. The van der Waals surface area contributed by atoms with Crippen LogP contribution in [0.15, 0.2) is 18.2 Å². The van der Waals surface area contributed by atoms with E-state index < -0.39 is 5.82 Å². The Morgan fingerprint density at radius 3 is 3.05 bits per heavy atom. The van der Waals surface area contributed by atoms with Gasteiger partial charge in [0.2, 0.25) is 0 Å². The zero-order chi connectivity index (χ0) is 16.2. The molecule has 118 valence electrons. The van der Waals surface area contributed by atoms with Crippen molar-refractivity contribution in [1.82, 2.24) is 10.2 Å². The summed E-state index contributed by atoms with van der Waals surface area (Å²) in [5, 5.41) is 11.5. The first-order chi connectivity index (χ1) is 10.5. The van der Waals surface area contributed by atoms with Gasteiger partial charge in [0.1, 0.15) is 5.82 Å². The van der Waals surface area contributed by atoms with E-state index in [2.05, 4.69) is 5.32 Å². The van der Waals surface area contributed by atoms with Gasteiger partial charge in [-0.3, -0.25) is 0 Å². The molecule has 0 aliphatic carbocycles. The van der Waals surface area contributed by atoms with Crippen molar-refractivity contribution in [3.05, 3.63) is 35.1 Å². The summed E-state index contributed by atoms with van der Waals surface area (Å²) in [6, 6.07) is 5.81. The van der Waals surface area contributed by atoms with Crippen molar-refractivity contribution in [3.8, 4) is 6.07 Å². The number of hydrogen-bond donors (Lipinski definition) is 1. The minimum absolute atomic E-state index is 0.0559. The fourth-order valence-corrected chi connectivity index (χ4v) is 2.38. The lowest BCUT2D eigenvalue weighted by molar-refractivity contribution is -0.0872. The number of nitrogens with one attached hydrogen (secondary N) is 1. The Labute approximate surface area is 129 Å². The Bertz CT molecular complexity index is 600. The molecule has 1 aliphatic heterocycles. The van der Waals surface area contributed by atoms with Crippen molar-refractivity contribution < 1.29 is 13.9 Å². The van der Waals surface area contributed by atoms with Crippen LogP contribution in [0.4, 0.5) is 9.18 Å². The second-order valence-electron chi connectivity index (χ2n) is 5.65. The highest BCUT2D eigenvalue weighted by Gasteiger charge is 2.32. The van der Waals surface area contributed by atoms with Crippen LogP contribution < -0.4 is 5.32 Å². The van der Waals surface area contributed by atoms with E-state index in [0.717, 1.165) is 6.42 Å². The Hall–Kier alpha value is -2.13. The second-order valence-corrected chi connectivity index (χ2v) is 5.65. The zero-order valence-electron chi connectivity index (χ0n) is 12.9. The SMILES string of the molecule is CC[C@@]1(C)CN(C(=O)NCc2cc(C#N)ccc2F)CCO1. The standard InChI is InChI=1S/C16H20FN3O2/c1-3-16(2)11-20(6-7-22-16)15(21)19-10-13-8-12(9-18)4-5-14(13)17/h4-5,8H,3,6-7,10-11H2,1-2H3,(H,19,21)/t16-/m0/s1. The summed E-state index contributed by atoms with van der Waals surface area (Å²) in [7, 11) is 0. The van der Waals surface area contributed by atoms with Crippen molar-refractivity contribution in [3.63, 3.8) is 0 Å². The summed E-state index contributed by atoms with van der Waals surface area (Å²) < 4.78 is 19.4. The number of hydrogen-bond acceptors (Lipinski definition) is 3. The van der Waals surface area contributed by atoms with Gasteiger partial charge in [-0.25, -0.2) is 9.18 Å². The van der Waals surface area contributed by atoms with Crippen molar-refractivity contribution >= 4 is 6.03 Å². The summed E-state index contributed by atoms with van der Waals surface area (Å²) in [6.07, 6.45) is 0.815. The maximum Gasteiger partial charge on any atom is 0.317 e. The maximum atomic E-state index is 13.7. The van der Waals surface area contributed by atoms with Gasteiger partial charge in [-0.15, -0.1) is 0 Å². The van der Waals surface area contributed by atoms with Crippen LogP contribution in [0, 0.1) is 17.1 Å². The largest absolute Gasteiger partial charge is 0.372 e. The van der Waals surface area contributed by atoms with Crippen LogP contribution in [-0.4, -0.2) is 36.2 Å². The fraction of sp³-hybridized carbons (Fsp3) is 0.500. The zero-order valence-corrected chi connectivity index (χ0v) is 12.9. The third-order valence-electron chi connectivity index (χ3n) is 3.98. The number of carbonyl (C=O) groups excluding carboxylic acids is 1. The molecular formula is C16H20FN3O2. The van der Waals surface area contributed by atoms with Crippen LogP contribution in [0.5, 0.6) is 0 Å². The van der Waals surface area contributed by atoms with Crippen LogP contribution in [0.3, 0.4) is 0 Å². The first kappa shape index (κ1) is 16.2. The highest BCUT2D eigenvalue weighted by atomic mass is 19.1. The van der Waals surface area contributed by atoms with Gasteiger partial charge in [-0.2, -0.15) is 5.26 Å². The molecule has 0 spiro atoms. The molecule has 2 amide bonds. The highest BCUT2D eigenvalue weighted by Crippen LogP contribution is 2.21. The number of benzene rings is 1. The van der Waals surface area contributed by atoms with Gasteiger partial charge in [0, 0.05) is 18.7 Å². The average Bonchev–Trinajstić information content (AvgIpc) is 2.54. The second kappa shape index (κ2) is 6.75. The summed E-state index contributed by atoms with van der Waals surface area (Å²) in [6.45, 7) is 5.57. The van der Waals surface area contributed by atoms with E-state index in [9.17, 15) is 9.18 Å². The van der Waals surface area contributed by atoms with E-state index in [1.165, 1.54) is 18.2 Å². The monoisotopic (exact) mass is 305 g/mol. The molecule has 1 aromatic carbocycles. The molecule has 1 heterocycles. The van der Waals surface area contributed by atoms with Crippen molar-refractivity contribution in [2.24, 2.45) is 0 Å². The topological polar surface area (TPSA) is 65.4 Å². The number of amides is 2. The Balaban J connectivity index is 1.97. The van der Waals surface area contributed by atoms with Crippen molar-refractivity contribution in [2.45, 2.75) is 32.4 Å². The minimum atomic E-state index is -0.431. The first-order valence-electron chi connectivity index (χ1n) is 7.32. The molecule has 2 rings (SSSR count). The third kappa shape index (κ3) is 3.74. The molecule has 1 N–H and O–H groups in total. The molecular weight excluding hydrogens is 285 g/mol. The molecule has 1 fully saturated rings. The summed E-state index contributed by atoms with van der Waals surface area (Å²) >= 11 is 0. The normalized spacial score (nSPS) is 21.3. The predicted octanol–water partition coefficient (Wildman–Crippen LogP) is 2.41. The average molecular weight is 305 g/mol. The van der Waals surface area contributed by atoms with E-state index in [1.807, 2.05) is 19.9 Å². The van der Waals surface area contributed by atoms with E-state index >= 15 is 0 Å². The third-order valence-corrected chi connectivity index (χ3v) is 3.98. The van der Waals surface area contributed by atoms with E-state index in [4.69, 9.17) is 10.00 Å². The maximum absolute atomic E-state index is 13.7. The number of morpholine rings is 1. The van der Waals surface area contributed by atoms with Gasteiger partial charge in [0.15, 0.2) is 0 Å². The van der Waals surface area contributed by atoms with Gasteiger partial charge in [0.05, 0.1) is 30.4 Å². The van der Waals surface area contributed by atoms with E-state index in [1.54, 1.807) is 4.90 Å². The molecule has 0 bridgehead atoms. The summed E-state index contributed by atoms with van der Waals surface area (Å²) in [5.41, 5.74) is 0.344. The first-order valence-corrected chi connectivity index (χ1v) is 7.32. The lowest BCUT2D eigenvalue weighted by Gasteiger charge is -2.39. The smallest absolute Gasteiger partial charge is 0.317 e. The van der Waals surface area contributed by atoms with Crippen molar-refractivity contribution in [1.29, 1.82) is 5.26 Å². The van der Waals surface area contributed by atoms with Crippen LogP contribution in [0.1, 0.15) is 31.4 Å². The van der Waals surface area contributed by atoms with Crippen LogP contribution >= 0.6 is 0 Å². The van der Waals surface area contributed by atoms with E-state index in [-0.39, 0.29) is 18.2 Å². The predicted molar refractivity (Wildman–Crippen MR) is 79.6 cm³/mol. The molecule has 6 heteroatoms. The molecule has 1 saturated heterocycles. The molecule has 22 heavy (non-hydrogen) atoms. The van der Waals surface area contributed by atoms with E-state index in [0.29, 0.717) is 30.8 Å². The molecule has 1 aromatic rings. The lowest BCUT2D eigenvalue weighted by Crippen LogP contribution is -2.54. The molecule has 0 radical (unpaired) electrons. The Morgan fingerprint density at radius 1 is 1.59 bits per heavy atom. The van der Waals surface area contributed by atoms with Gasteiger partial charge >= 0.3 is 6.03 Å². The van der Waals surface area contributed by atoms with Crippen LogP contribution in [0.25, 0.3) is 0 Å². The van der Waals surface area contributed by atoms with Gasteiger partial charge < -0.3 is 15.0 Å². The number of carbonyl (C=O) groups is 1. The number of nitriles is 1. The Morgan fingerprint density at radius 2 is 2.36 bits per heavy atom. The molecule has 0 aromatic heterocycles. The molecule has 5 nitrogen and oxygen atoms in total.